The molecule has 2 heteroatoms. The van der Waals surface area contributed by atoms with E-state index in [-0.39, 0.29) is 0 Å². The summed E-state index contributed by atoms with van der Waals surface area (Å²) in [6.45, 7) is 4.48. The highest BCUT2D eigenvalue weighted by Gasteiger charge is 2.28. The maximum atomic E-state index is 5.42. The highest BCUT2D eigenvalue weighted by Crippen LogP contribution is 2.35. The summed E-state index contributed by atoms with van der Waals surface area (Å²) in [5.74, 6) is 2.40. The predicted molar refractivity (Wildman–Crippen MR) is 62.4 cm³/mol. The van der Waals surface area contributed by atoms with Crippen LogP contribution in [0.2, 0.25) is 0 Å². The van der Waals surface area contributed by atoms with Gasteiger partial charge < -0.3 is 10.1 Å². The van der Waals surface area contributed by atoms with Gasteiger partial charge >= 0.3 is 0 Å². The zero-order valence-corrected chi connectivity index (χ0v) is 9.49. The van der Waals surface area contributed by atoms with E-state index in [2.05, 4.69) is 30.4 Å². The van der Waals surface area contributed by atoms with Crippen LogP contribution in [0.5, 0.6) is 5.75 Å². The molecule has 82 valence electrons. The third kappa shape index (κ3) is 2.00. The van der Waals surface area contributed by atoms with Crippen molar-refractivity contribution in [1.29, 1.82) is 0 Å². The minimum atomic E-state index is 0.617. The first-order valence-electron chi connectivity index (χ1n) is 5.70. The topological polar surface area (TPSA) is 21.3 Å². The fraction of sp³-hybridized carbons (Fsp3) is 0.538. The van der Waals surface area contributed by atoms with E-state index >= 15 is 0 Å². The Morgan fingerprint density at radius 3 is 2.87 bits per heavy atom. The Bertz CT molecular complexity index is 324. The number of rotatable bonds is 3. The molecule has 2 nitrogen and oxygen atoms in total. The number of nitrogens with one attached hydrogen (secondary N) is 1. The second-order valence-electron chi connectivity index (χ2n) is 4.18. The van der Waals surface area contributed by atoms with E-state index in [9.17, 15) is 0 Å². The fourth-order valence-electron chi connectivity index (χ4n) is 2.50. The van der Waals surface area contributed by atoms with Gasteiger partial charge in [-0.05, 0) is 24.1 Å². The van der Waals surface area contributed by atoms with Crippen LogP contribution in [0.3, 0.4) is 0 Å². The van der Waals surface area contributed by atoms with Crippen molar-refractivity contribution in [2.75, 3.05) is 20.2 Å². The monoisotopic (exact) mass is 205 g/mol. The molecule has 0 unspecified atom stereocenters. The summed E-state index contributed by atoms with van der Waals surface area (Å²) in [7, 11) is 1.75. The Balaban J connectivity index is 2.27. The van der Waals surface area contributed by atoms with E-state index in [1.807, 2.05) is 6.07 Å². The third-order valence-corrected chi connectivity index (χ3v) is 3.40. The third-order valence-electron chi connectivity index (χ3n) is 3.40. The van der Waals surface area contributed by atoms with Crippen LogP contribution in [0.25, 0.3) is 0 Å². The van der Waals surface area contributed by atoms with Gasteiger partial charge in [0.25, 0.3) is 0 Å². The van der Waals surface area contributed by atoms with Crippen molar-refractivity contribution in [3.8, 4) is 5.75 Å². The van der Waals surface area contributed by atoms with Gasteiger partial charge in [0.2, 0.25) is 0 Å². The summed E-state index contributed by atoms with van der Waals surface area (Å²) in [4.78, 5) is 0. The van der Waals surface area contributed by atoms with E-state index in [0.29, 0.717) is 5.92 Å². The second-order valence-corrected chi connectivity index (χ2v) is 4.18. The molecule has 0 aromatic heterocycles. The second kappa shape index (κ2) is 4.67. The standard InChI is InChI=1S/C13H19NO/c1-3-10-8-14-9-12(10)11-6-4-5-7-13(11)15-2/h4-7,10,12,14H,3,8-9H2,1-2H3/t10-,12+/m0/s1. The van der Waals surface area contributed by atoms with Crippen molar-refractivity contribution >= 4 is 0 Å². The number of para-hydroxylation sites is 1. The van der Waals surface area contributed by atoms with Crippen LogP contribution in [0, 0.1) is 5.92 Å². The molecule has 0 spiro atoms. The maximum absolute atomic E-state index is 5.42. The van der Waals surface area contributed by atoms with Gasteiger partial charge in [-0.15, -0.1) is 0 Å². The van der Waals surface area contributed by atoms with E-state index in [4.69, 9.17) is 4.74 Å². The summed E-state index contributed by atoms with van der Waals surface area (Å²) >= 11 is 0. The van der Waals surface area contributed by atoms with E-state index in [0.717, 1.165) is 24.8 Å². The molecular formula is C13H19NO. The summed E-state index contributed by atoms with van der Waals surface area (Å²) in [5.41, 5.74) is 1.36. The SMILES string of the molecule is CC[C@H]1CNC[C@H]1c1ccccc1OC. The lowest BCUT2D eigenvalue weighted by molar-refractivity contribution is 0.397. The molecule has 0 bridgehead atoms. The Hall–Kier alpha value is -1.02. The summed E-state index contributed by atoms with van der Waals surface area (Å²) < 4.78 is 5.42. The zero-order valence-electron chi connectivity index (χ0n) is 9.49. The minimum absolute atomic E-state index is 0.617. The van der Waals surface area contributed by atoms with Crippen molar-refractivity contribution in [2.24, 2.45) is 5.92 Å². The van der Waals surface area contributed by atoms with E-state index < -0.39 is 0 Å². The molecule has 0 saturated carbocycles. The van der Waals surface area contributed by atoms with Gasteiger partial charge in [-0.3, -0.25) is 0 Å². The number of ether oxygens (including phenoxy) is 1. The average Bonchev–Trinajstić information content (AvgIpc) is 2.76. The van der Waals surface area contributed by atoms with Crippen LogP contribution in [0.1, 0.15) is 24.8 Å². The maximum Gasteiger partial charge on any atom is 0.122 e. The summed E-state index contributed by atoms with van der Waals surface area (Å²) in [5, 5.41) is 3.47. The van der Waals surface area contributed by atoms with Gasteiger partial charge in [-0.25, -0.2) is 0 Å². The molecule has 2 atom stereocenters. The molecule has 0 aliphatic carbocycles. The van der Waals surface area contributed by atoms with Gasteiger partial charge in [-0.1, -0.05) is 31.5 Å². The highest BCUT2D eigenvalue weighted by atomic mass is 16.5. The minimum Gasteiger partial charge on any atom is -0.496 e. The lowest BCUT2D eigenvalue weighted by atomic mass is 9.87. The lowest BCUT2D eigenvalue weighted by Crippen LogP contribution is -2.10. The van der Waals surface area contributed by atoms with Crippen molar-refractivity contribution in [3.63, 3.8) is 0 Å². The first-order valence-corrected chi connectivity index (χ1v) is 5.70. The molecule has 1 aromatic carbocycles. The molecule has 1 fully saturated rings. The van der Waals surface area contributed by atoms with Crippen LogP contribution in [0.4, 0.5) is 0 Å². The van der Waals surface area contributed by atoms with Crippen LogP contribution in [0.15, 0.2) is 24.3 Å². The largest absolute Gasteiger partial charge is 0.496 e. The highest BCUT2D eigenvalue weighted by molar-refractivity contribution is 5.37. The molecule has 1 saturated heterocycles. The van der Waals surface area contributed by atoms with Gasteiger partial charge in [0.15, 0.2) is 0 Å². The van der Waals surface area contributed by atoms with Gasteiger partial charge in [0, 0.05) is 12.5 Å². The van der Waals surface area contributed by atoms with Crippen molar-refractivity contribution in [1.82, 2.24) is 5.32 Å². The molecule has 15 heavy (non-hydrogen) atoms. The molecule has 1 aliphatic heterocycles. The van der Waals surface area contributed by atoms with Crippen LogP contribution >= 0.6 is 0 Å². The Labute approximate surface area is 91.6 Å². The Morgan fingerprint density at radius 2 is 2.13 bits per heavy atom. The fourth-order valence-corrected chi connectivity index (χ4v) is 2.50. The molecule has 1 aromatic rings. The smallest absolute Gasteiger partial charge is 0.122 e. The Kier molecular flexibility index (Phi) is 3.27. The summed E-state index contributed by atoms with van der Waals surface area (Å²) in [6, 6.07) is 8.38. The van der Waals surface area contributed by atoms with Crippen LogP contribution < -0.4 is 10.1 Å². The number of hydrogen-bond donors (Lipinski definition) is 1. The molecule has 1 heterocycles. The first-order chi connectivity index (χ1) is 7.36. The van der Waals surface area contributed by atoms with Gasteiger partial charge in [0.05, 0.1) is 7.11 Å². The van der Waals surface area contributed by atoms with Gasteiger partial charge in [-0.2, -0.15) is 0 Å². The summed E-state index contributed by atoms with van der Waals surface area (Å²) in [6.07, 6.45) is 1.23. The first kappa shape index (κ1) is 10.5. The molecule has 0 amide bonds. The number of benzene rings is 1. The molecule has 2 rings (SSSR count). The number of methoxy groups -OCH3 is 1. The molecule has 0 radical (unpaired) electrons. The van der Waals surface area contributed by atoms with Crippen LogP contribution in [-0.4, -0.2) is 20.2 Å². The van der Waals surface area contributed by atoms with E-state index in [1.54, 1.807) is 7.11 Å². The molecular weight excluding hydrogens is 186 g/mol. The van der Waals surface area contributed by atoms with Crippen molar-refractivity contribution < 1.29 is 4.74 Å². The zero-order chi connectivity index (χ0) is 10.7. The van der Waals surface area contributed by atoms with Crippen molar-refractivity contribution in [2.45, 2.75) is 19.3 Å². The lowest BCUT2D eigenvalue weighted by Gasteiger charge is -2.19. The molecule has 1 N–H and O–H groups in total. The van der Waals surface area contributed by atoms with E-state index in [1.165, 1.54) is 12.0 Å². The average molecular weight is 205 g/mol. The van der Waals surface area contributed by atoms with Crippen LogP contribution in [-0.2, 0) is 0 Å². The number of hydrogen-bond acceptors (Lipinski definition) is 2. The van der Waals surface area contributed by atoms with Crippen molar-refractivity contribution in [3.05, 3.63) is 29.8 Å². The predicted octanol–water partition coefficient (Wildman–Crippen LogP) is 2.41. The quantitative estimate of drug-likeness (QED) is 0.818. The Morgan fingerprint density at radius 1 is 1.33 bits per heavy atom. The van der Waals surface area contributed by atoms with Gasteiger partial charge in [0.1, 0.15) is 5.75 Å². The normalized spacial score (nSPS) is 25.5. The molecule has 1 aliphatic rings.